The van der Waals surface area contributed by atoms with Crippen LogP contribution in [0, 0.1) is 0 Å². The number of nitrogens with zero attached hydrogens (tertiary/aromatic N) is 3. The molecule has 4 rings (SSSR count). The molecule has 2 heterocycles. The van der Waals surface area contributed by atoms with Gasteiger partial charge in [-0.25, -0.2) is 9.97 Å². The number of carbonyl (C=O) groups excluding carboxylic acids is 1. The summed E-state index contributed by atoms with van der Waals surface area (Å²) in [5, 5.41) is 5.83. The van der Waals surface area contributed by atoms with Crippen LogP contribution in [0.1, 0.15) is 17.3 Å². The van der Waals surface area contributed by atoms with Gasteiger partial charge in [0.15, 0.2) is 0 Å². The van der Waals surface area contributed by atoms with Crippen LogP contribution in [0.2, 0.25) is 0 Å². The number of fused-ring (bicyclic) bond motifs is 2. The maximum atomic E-state index is 12.5. The molecule has 33 heavy (non-hydrogen) atoms. The Labute approximate surface area is 185 Å². The average Bonchev–Trinajstić information content (AvgIpc) is 3.31. The van der Waals surface area contributed by atoms with Gasteiger partial charge in [0.05, 0.1) is 28.7 Å². The van der Waals surface area contributed by atoms with Crippen LogP contribution in [-0.2, 0) is 11.3 Å². The lowest BCUT2D eigenvalue weighted by atomic mass is 10.2. The van der Waals surface area contributed by atoms with E-state index in [0.29, 0.717) is 53.7 Å². The molecule has 0 aliphatic carbocycles. The summed E-state index contributed by atoms with van der Waals surface area (Å²) in [5.74, 6) is 0.193. The van der Waals surface area contributed by atoms with E-state index in [0.717, 1.165) is 5.52 Å². The molecular formula is C21H21F3N6O3. The highest BCUT2D eigenvalue weighted by molar-refractivity contribution is 5.97. The first kappa shape index (κ1) is 22.4. The molecule has 1 amide bonds. The quantitative estimate of drug-likeness (QED) is 0.343. The Bertz CT molecular complexity index is 1300. The van der Waals surface area contributed by atoms with Crippen LogP contribution in [0.25, 0.3) is 22.1 Å². The number of hydrogen-bond acceptors (Lipinski definition) is 6. The molecule has 4 aromatic rings. The molecule has 2 aromatic heterocycles. The highest BCUT2D eigenvalue weighted by atomic mass is 19.4. The number of rotatable bonds is 8. The van der Waals surface area contributed by atoms with Crippen molar-refractivity contribution in [3.8, 4) is 5.75 Å². The number of benzene rings is 2. The second-order valence-corrected chi connectivity index (χ2v) is 7.07. The van der Waals surface area contributed by atoms with Crippen molar-refractivity contribution < 1.29 is 27.4 Å². The third-order valence-electron chi connectivity index (χ3n) is 4.84. The van der Waals surface area contributed by atoms with Gasteiger partial charge < -0.3 is 24.3 Å². The van der Waals surface area contributed by atoms with Crippen LogP contribution in [0.5, 0.6) is 5.75 Å². The molecule has 0 saturated heterocycles. The number of methoxy groups -OCH3 is 1. The summed E-state index contributed by atoms with van der Waals surface area (Å²) < 4.78 is 48.2. The molecule has 174 valence electrons. The Morgan fingerprint density at radius 1 is 1.15 bits per heavy atom. The molecule has 0 spiro atoms. The fraction of sp³-hybridized carbons (Fsp3) is 0.286. The average molecular weight is 462 g/mol. The van der Waals surface area contributed by atoms with Gasteiger partial charge in [0.25, 0.3) is 5.91 Å². The zero-order valence-electron chi connectivity index (χ0n) is 17.8. The lowest BCUT2D eigenvalue weighted by Gasteiger charge is -2.07. The van der Waals surface area contributed by atoms with E-state index in [4.69, 9.17) is 4.74 Å². The molecule has 0 saturated carbocycles. The number of anilines is 2. The van der Waals surface area contributed by atoms with E-state index < -0.39 is 6.36 Å². The number of ether oxygens (including phenoxy) is 2. The minimum atomic E-state index is -4.78. The SMILES string of the molecule is CCn1c(Nc2nc3ccc(OC(F)(F)F)cc3[nH]2)nc2cc(C(=O)NCCOC)ccc21. The summed E-state index contributed by atoms with van der Waals surface area (Å²) in [5.41, 5.74) is 2.71. The Hall–Kier alpha value is -3.80. The fourth-order valence-electron chi connectivity index (χ4n) is 3.41. The van der Waals surface area contributed by atoms with Crippen molar-refractivity contribution >= 4 is 39.9 Å². The van der Waals surface area contributed by atoms with E-state index >= 15 is 0 Å². The van der Waals surface area contributed by atoms with Crippen molar-refractivity contribution in [2.24, 2.45) is 0 Å². The normalized spacial score (nSPS) is 11.8. The highest BCUT2D eigenvalue weighted by Gasteiger charge is 2.31. The lowest BCUT2D eigenvalue weighted by Crippen LogP contribution is -2.26. The number of hydrogen-bond donors (Lipinski definition) is 3. The monoisotopic (exact) mass is 462 g/mol. The van der Waals surface area contributed by atoms with Gasteiger partial charge in [-0.2, -0.15) is 0 Å². The number of aromatic amines is 1. The summed E-state index contributed by atoms with van der Waals surface area (Å²) in [6, 6.07) is 9.05. The van der Waals surface area contributed by atoms with Gasteiger partial charge in [0.1, 0.15) is 5.75 Å². The number of alkyl halides is 3. The molecule has 3 N–H and O–H groups in total. The van der Waals surface area contributed by atoms with Gasteiger partial charge in [-0.3, -0.25) is 10.1 Å². The molecule has 0 aliphatic rings. The molecule has 2 aromatic carbocycles. The van der Waals surface area contributed by atoms with Crippen LogP contribution < -0.4 is 15.4 Å². The third-order valence-corrected chi connectivity index (χ3v) is 4.84. The number of H-pyrrole nitrogens is 1. The van der Waals surface area contributed by atoms with Gasteiger partial charge in [-0.05, 0) is 37.3 Å². The van der Waals surface area contributed by atoms with Crippen molar-refractivity contribution in [2.45, 2.75) is 19.8 Å². The minimum Gasteiger partial charge on any atom is -0.406 e. The first-order valence-electron chi connectivity index (χ1n) is 10.1. The first-order chi connectivity index (χ1) is 15.8. The maximum Gasteiger partial charge on any atom is 0.573 e. The third kappa shape index (κ3) is 5.00. The zero-order chi connectivity index (χ0) is 23.6. The van der Waals surface area contributed by atoms with Crippen molar-refractivity contribution in [3.05, 3.63) is 42.0 Å². The van der Waals surface area contributed by atoms with Gasteiger partial charge in [-0.15, -0.1) is 13.2 Å². The molecule has 0 fully saturated rings. The van der Waals surface area contributed by atoms with Gasteiger partial charge in [0, 0.05) is 31.8 Å². The topological polar surface area (TPSA) is 106 Å². The molecule has 0 bridgehead atoms. The van der Waals surface area contributed by atoms with E-state index in [1.54, 1.807) is 19.2 Å². The van der Waals surface area contributed by atoms with Crippen LogP contribution in [0.4, 0.5) is 25.1 Å². The van der Waals surface area contributed by atoms with E-state index in [-0.39, 0.29) is 11.7 Å². The molecule has 9 nitrogen and oxygen atoms in total. The molecule has 0 aliphatic heterocycles. The zero-order valence-corrected chi connectivity index (χ0v) is 17.8. The van der Waals surface area contributed by atoms with Gasteiger partial charge in [0.2, 0.25) is 11.9 Å². The number of nitrogens with one attached hydrogen (secondary N) is 3. The molecule has 12 heteroatoms. The largest absolute Gasteiger partial charge is 0.573 e. The Kier molecular flexibility index (Phi) is 6.09. The van der Waals surface area contributed by atoms with Crippen LogP contribution >= 0.6 is 0 Å². The first-order valence-corrected chi connectivity index (χ1v) is 10.1. The number of halogens is 3. The van der Waals surface area contributed by atoms with E-state index in [1.165, 1.54) is 18.2 Å². The second-order valence-electron chi connectivity index (χ2n) is 7.07. The Morgan fingerprint density at radius 3 is 2.70 bits per heavy atom. The predicted octanol–water partition coefficient (Wildman–Crippen LogP) is 3.95. The van der Waals surface area contributed by atoms with E-state index in [9.17, 15) is 18.0 Å². The molecule has 0 atom stereocenters. The Morgan fingerprint density at radius 2 is 1.97 bits per heavy atom. The van der Waals surface area contributed by atoms with Crippen LogP contribution in [0.3, 0.4) is 0 Å². The standard InChI is InChI=1S/C21H21F3N6O3/c1-3-30-17-7-4-12(18(31)25-8-9-32-2)10-16(17)28-20(30)29-19-26-14-6-5-13(11-15(14)27-19)33-21(22,23)24/h4-7,10-11H,3,8-9H2,1-2H3,(H,25,31)(H2,26,27,28,29). The number of carbonyl (C=O) groups is 1. The fourth-order valence-corrected chi connectivity index (χ4v) is 3.41. The second kappa shape index (κ2) is 8.98. The van der Waals surface area contributed by atoms with Crippen LogP contribution in [-0.4, -0.2) is 52.1 Å². The molecule has 0 unspecified atom stereocenters. The van der Waals surface area contributed by atoms with Crippen molar-refractivity contribution in [1.29, 1.82) is 0 Å². The minimum absolute atomic E-state index is 0.233. The number of aromatic nitrogens is 4. The van der Waals surface area contributed by atoms with Crippen LogP contribution in [0.15, 0.2) is 36.4 Å². The van der Waals surface area contributed by atoms with Crippen molar-refractivity contribution in [3.63, 3.8) is 0 Å². The summed E-state index contributed by atoms with van der Waals surface area (Å²) in [4.78, 5) is 24.2. The van der Waals surface area contributed by atoms with Gasteiger partial charge in [-0.1, -0.05) is 0 Å². The van der Waals surface area contributed by atoms with Crippen molar-refractivity contribution in [1.82, 2.24) is 24.8 Å². The summed E-state index contributed by atoms with van der Waals surface area (Å²) in [6.45, 7) is 3.33. The maximum absolute atomic E-state index is 12.5. The number of aryl methyl sites for hydroxylation is 1. The molecule has 0 radical (unpaired) electrons. The number of imidazole rings is 2. The predicted molar refractivity (Wildman–Crippen MR) is 116 cm³/mol. The van der Waals surface area contributed by atoms with E-state index in [2.05, 4.69) is 30.3 Å². The van der Waals surface area contributed by atoms with E-state index in [1.807, 2.05) is 17.6 Å². The highest BCUT2D eigenvalue weighted by Crippen LogP contribution is 2.28. The Balaban J connectivity index is 1.59. The summed E-state index contributed by atoms with van der Waals surface area (Å²) in [7, 11) is 1.56. The summed E-state index contributed by atoms with van der Waals surface area (Å²) in [6.07, 6.45) is -4.78. The van der Waals surface area contributed by atoms with Gasteiger partial charge >= 0.3 is 6.36 Å². The lowest BCUT2D eigenvalue weighted by molar-refractivity contribution is -0.274. The van der Waals surface area contributed by atoms with Crippen molar-refractivity contribution in [2.75, 3.05) is 25.6 Å². The summed E-state index contributed by atoms with van der Waals surface area (Å²) >= 11 is 0. The molecular weight excluding hydrogens is 441 g/mol. The number of amides is 1. The smallest absolute Gasteiger partial charge is 0.406 e.